The van der Waals surface area contributed by atoms with Crippen molar-refractivity contribution in [3.05, 3.63) is 79.9 Å². The molecule has 2 aromatic carbocycles. The number of nitrogens with one attached hydrogen (secondary N) is 1. The second-order valence-corrected chi connectivity index (χ2v) is 5.87. The molecule has 0 saturated heterocycles. The molecule has 146 valence electrons. The number of carbonyl (C=O) groups is 2. The van der Waals surface area contributed by atoms with Crippen LogP contribution in [0, 0.1) is 20.2 Å². The Morgan fingerprint density at radius 2 is 1.64 bits per heavy atom. The molecular weight excluding hydrogens is 370 g/mol. The summed E-state index contributed by atoms with van der Waals surface area (Å²) in [5, 5.41) is 24.1. The number of non-ortho nitro benzene ring substituents is 2. The van der Waals surface area contributed by atoms with Gasteiger partial charge in [0.05, 0.1) is 23.4 Å². The van der Waals surface area contributed by atoms with Crippen LogP contribution in [0.3, 0.4) is 0 Å². The monoisotopic (exact) mass is 387 g/mol. The lowest BCUT2D eigenvalue weighted by molar-refractivity contribution is -0.385. The van der Waals surface area contributed by atoms with E-state index in [0.717, 1.165) is 0 Å². The Kier molecular flexibility index (Phi) is 6.74. The van der Waals surface area contributed by atoms with E-state index in [1.807, 2.05) is 0 Å². The third kappa shape index (κ3) is 5.59. The number of amides is 1. The van der Waals surface area contributed by atoms with Crippen LogP contribution in [-0.2, 0) is 27.2 Å². The van der Waals surface area contributed by atoms with Crippen LogP contribution in [0.25, 0.3) is 0 Å². The summed E-state index contributed by atoms with van der Waals surface area (Å²) in [7, 11) is 1.18. The normalized spacial score (nSPS) is 11.3. The molecule has 0 heterocycles. The zero-order valence-corrected chi connectivity index (χ0v) is 14.9. The van der Waals surface area contributed by atoms with E-state index in [9.17, 15) is 29.8 Å². The molecule has 0 bridgehead atoms. The predicted molar refractivity (Wildman–Crippen MR) is 97.5 cm³/mol. The van der Waals surface area contributed by atoms with E-state index in [0.29, 0.717) is 11.1 Å². The lowest BCUT2D eigenvalue weighted by Gasteiger charge is -2.16. The van der Waals surface area contributed by atoms with Crippen molar-refractivity contribution in [2.75, 3.05) is 7.11 Å². The predicted octanol–water partition coefficient (Wildman–Crippen LogP) is 1.95. The van der Waals surface area contributed by atoms with Crippen LogP contribution in [0.1, 0.15) is 11.1 Å². The Hall–Kier alpha value is -3.82. The molecule has 1 amide bonds. The van der Waals surface area contributed by atoms with Gasteiger partial charge >= 0.3 is 5.97 Å². The van der Waals surface area contributed by atoms with Gasteiger partial charge in [-0.1, -0.05) is 24.3 Å². The highest BCUT2D eigenvalue weighted by molar-refractivity contribution is 5.85. The Morgan fingerprint density at radius 3 is 2.21 bits per heavy atom. The summed E-state index contributed by atoms with van der Waals surface area (Å²) in [6, 6.07) is 10.2. The maximum absolute atomic E-state index is 12.3. The average Bonchev–Trinajstić information content (AvgIpc) is 2.67. The number of rotatable bonds is 8. The number of nitrogens with zero attached hydrogens (tertiary/aromatic N) is 2. The van der Waals surface area contributed by atoms with Crippen molar-refractivity contribution in [3.8, 4) is 0 Å². The summed E-state index contributed by atoms with van der Waals surface area (Å²) in [5.41, 5.74) is 0.788. The second kappa shape index (κ2) is 9.21. The topological polar surface area (TPSA) is 142 Å². The summed E-state index contributed by atoms with van der Waals surface area (Å²) in [6.07, 6.45) is -0.0826. The second-order valence-electron chi connectivity index (χ2n) is 5.87. The third-order valence-electron chi connectivity index (χ3n) is 3.89. The molecule has 0 aliphatic heterocycles. The van der Waals surface area contributed by atoms with Gasteiger partial charge in [-0.25, -0.2) is 4.79 Å². The van der Waals surface area contributed by atoms with Crippen LogP contribution < -0.4 is 5.32 Å². The number of esters is 1. The van der Waals surface area contributed by atoms with Gasteiger partial charge < -0.3 is 10.1 Å². The molecule has 28 heavy (non-hydrogen) atoms. The molecule has 0 fully saturated rings. The number of methoxy groups -OCH3 is 1. The molecule has 0 aliphatic rings. The van der Waals surface area contributed by atoms with Crippen molar-refractivity contribution >= 4 is 23.3 Å². The van der Waals surface area contributed by atoms with Crippen molar-refractivity contribution in [1.82, 2.24) is 5.32 Å². The molecule has 0 aromatic heterocycles. The highest BCUT2D eigenvalue weighted by Gasteiger charge is 2.22. The zero-order valence-electron chi connectivity index (χ0n) is 14.9. The van der Waals surface area contributed by atoms with Gasteiger partial charge in [0.1, 0.15) is 6.04 Å². The van der Waals surface area contributed by atoms with Crippen molar-refractivity contribution in [3.63, 3.8) is 0 Å². The maximum atomic E-state index is 12.3. The molecule has 0 unspecified atom stereocenters. The van der Waals surface area contributed by atoms with Crippen molar-refractivity contribution in [2.24, 2.45) is 0 Å². The van der Waals surface area contributed by atoms with E-state index in [2.05, 4.69) is 5.32 Å². The standard InChI is InChI=1S/C18H17N3O7/c1-28-18(23)16(10-12-5-7-14(8-6-12)20(24)25)19-17(22)11-13-3-2-4-15(9-13)21(26)27/h2-9,16H,10-11H2,1H3,(H,19,22)/t16-/m0/s1. The SMILES string of the molecule is COC(=O)[C@H](Cc1ccc([N+](=O)[O-])cc1)NC(=O)Cc1cccc([N+](=O)[O-])c1. The maximum Gasteiger partial charge on any atom is 0.328 e. The first-order chi connectivity index (χ1) is 13.3. The van der Waals surface area contributed by atoms with Gasteiger partial charge in [0.15, 0.2) is 0 Å². The molecule has 0 spiro atoms. The van der Waals surface area contributed by atoms with Crippen LogP contribution in [-0.4, -0.2) is 34.9 Å². The van der Waals surface area contributed by atoms with Gasteiger partial charge in [0.25, 0.3) is 11.4 Å². The van der Waals surface area contributed by atoms with Gasteiger partial charge in [-0.05, 0) is 11.1 Å². The van der Waals surface area contributed by atoms with Gasteiger partial charge in [0, 0.05) is 30.7 Å². The van der Waals surface area contributed by atoms with Gasteiger partial charge in [-0.3, -0.25) is 25.0 Å². The largest absolute Gasteiger partial charge is 0.467 e. The number of nitro groups is 2. The fourth-order valence-corrected chi connectivity index (χ4v) is 2.54. The summed E-state index contributed by atoms with van der Waals surface area (Å²) < 4.78 is 4.70. The first kappa shape index (κ1) is 20.5. The van der Waals surface area contributed by atoms with E-state index in [-0.39, 0.29) is 24.2 Å². The van der Waals surface area contributed by atoms with Gasteiger partial charge in [0.2, 0.25) is 5.91 Å². The highest BCUT2D eigenvalue weighted by atomic mass is 16.6. The fraction of sp³-hybridized carbons (Fsp3) is 0.222. The number of benzene rings is 2. The number of hydrogen-bond donors (Lipinski definition) is 1. The Bertz CT molecular complexity index is 896. The van der Waals surface area contributed by atoms with Crippen molar-refractivity contribution in [1.29, 1.82) is 0 Å². The van der Waals surface area contributed by atoms with Crippen molar-refractivity contribution in [2.45, 2.75) is 18.9 Å². The Labute approximate surface area is 159 Å². The summed E-state index contributed by atoms with van der Waals surface area (Å²) in [4.78, 5) is 44.7. The lowest BCUT2D eigenvalue weighted by Crippen LogP contribution is -2.43. The fourth-order valence-electron chi connectivity index (χ4n) is 2.54. The molecule has 0 saturated carbocycles. The summed E-state index contributed by atoms with van der Waals surface area (Å²) in [5.74, 6) is -1.19. The summed E-state index contributed by atoms with van der Waals surface area (Å²) >= 11 is 0. The minimum absolute atomic E-state index is 0.0747. The van der Waals surface area contributed by atoms with Crippen LogP contribution in [0.5, 0.6) is 0 Å². The molecule has 10 nitrogen and oxygen atoms in total. The lowest BCUT2D eigenvalue weighted by atomic mass is 10.0. The van der Waals surface area contributed by atoms with E-state index >= 15 is 0 Å². The molecule has 0 radical (unpaired) electrons. The highest BCUT2D eigenvalue weighted by Crippen LogP contribution is 2.15. The van der Waals surface area contributed by atoms with E-state index in [1.54, 1.807) is 6.07 Å². The molecule has 1 atom stereocenters. The Balaban J connectivity index is 2.07. The molecule has 2 rings (SSSR count). The number of hydrogen-bond acceptors (Lipinski definition) is 7. The first-order valence-corrected chi connectivity index (χ1v) is 8.14. The zero-order chi connectivity index (χ0) is 20.7. The third-order valence-corrected chi connectivity index (χ3v) is 3.89. The van der Waals surface area contributed by atoms with Gasteiger partial charge in [-0.2, -0.15) is 0 Å². The van der Waals surface area contributed by atoms with Crippen molar-refractivity contribution < 1.29 is 24.2 Å². The minimum Gasteiger partial charge on any atom is -0.467 e. The van der Waals surface area contributed by atoms with E-state index in [4.69, 9.17) is 4.74 Å². The number of ether oxygens (including phenoxy) is 1. The summed E-state index contributed by atoms with van der Waals surface area (Å²) in [6.45, 7) is 0. The quantitative estimate of drug-likeness (QED) is 0.414. The molecule has 10 heteroatoms. The van der Waals surface area contributed by atoms with Crippen LogP contribution >= 0.6 is 0 Å². The van der Waals surface area contributed by atoms with Crippen LogP contribution in [0.15, 0.2) is 48.5 Å². The van der Waals surface area contributed by atoms with Crippen LogP contribution in [0.2, 0.25) is 0 Å². The van der Waals surface area contributed by atoms with E-state index < -0.39 is 27.8 Å². The molecule has 0 aliphatic carbocycles. The average molecular weight is 387 g/mol. The first-order valence-electron chi connectivity index (χ1n) is 8.14. The van der Waals surface area contributed by atoms with Gasteiger partial charge in [-0.15, -0.1) is 0 Å². The minimum atomic E-state index is -1.00. The van der Waals surface area contributed by atoms with E-state index in [1.165, 1.54) is 49.6 Å². The van der Waals surface area contributed by atoms with Crippen LogP contribution in [0.4, 0.5) is 11.4 Å². The molecule has 1 N–H and O–H groups in total. The number of nitro benzene ring substituents is 2. The molecular formula is C18H17N3O7. The Morgan fingerprint density at radius 1 is 1.00 bits per heavy atom. The smallest absolute Gasteiger partial charge is 0.328 e. The number of carbonyl (C=O) groups excluding carboxylic acids is 2. The molecule has 2 aromatic rings.